The first-order valence-electron chi connectivity index (χ1n) is 11.3. The first-order chi connectivity index (χ1) is 16.6. The molecule has 1 N–H and O–H groups in total. The lowest BCUT2D eigenvalue weighted by Gasteiger charge is -2.23. The van der Waals surface area contributed by atoms with Gasteiger partial charge in [-0.2, -0.15) is 5.10 Å². The molecule has 0 radical (unpaired) electrons. The van der Waals surface area contributed by atoms with Crippen LogP contribution in [-0.4, -0.2) is 28.1 Å². The summed E-state index contributed by atoms with van der Waals surface area (Å²) in [5, 5.41) is 5.61. The van der Waals surface area contributed by atoms with E-state index in [-0.39, 0.29) is 6.04 Å². The molecule has 2 aromatic heterocycles. The van der Waals surface area contributed by atoms with Crippen molar-refractivity contribution in [1.82, 2.24) is 15.1 Å². The monoisotopic (exact) mass is 492 g/mol. The zero-order chi connectivity index (χ0) is 23.1. The SMILES string of the molecule is Clc1ccc(CC2CONC(c3cc4ccnn4cc3Oc3cccc(C4CC4)c3)=N2)c(Cl)c1. The quantitative estimate of drug-likeness (QED) is 0.347. The Morgan fingerprint density at radius 1 is 1.09 bits per heavy atom. The van der Waals surface area contributed by atoms with E-state index in [1.165, 1.54) is 18.4 Å². The normalized spacial score (nSPS) is 17.9. The molecule has 8 heteroatoms. The van der Waals surface area contributed by atoms with Crippen molar-refractivity contribution in [3.63, 3.8) is 0 Å². The maximum absolute atomic E-state index is 6.39. The molecule has 1 fully saturated rings. The Labute approximate surface area is 207 Å². The number of halogens is 2. The van der Waals surface area contributed by atoms with Crippen LogP contribution in [0.4, 0.5) is 0 Å². The third-order valence-electron chi connectivity index (χ3n) is 6.11. The summed E-state index contributed by atoms with van der Waals surface area (Å²) < 4.78 is 8.16. The molecule has 2 aliphatic rings. The number of aliphatic imine (C=N–C) groups is 1. The maximum atomic E-state index is 6.39. The second-order valence-corrected chi connectivity index (χ2v) is 9.53. The fourth-order valence-corrected chi connectivity index (χ4v) is 4.70. The summed E-state index contributed by atoms with van der Waals surface area (Å²) >= 11 is 12.4. The molecule has 6 rings (SSSR count). The van der Waals surface area contributed by atoms with Crippen molar-refractivity contribution >= 4 is 34.6 Å². The van der Waals surface area contributed by atoms with Gasteiger partial charge in [-0.05, 0) is 72.7 Å². The molecule has 0 saturated heterocycles. The first kappa shape index (κ1) is 21.5. The van der Waals surface area contributed by atoms with Crippen LogP contribution < -0.4 is 10.2 Å². The van der Waals surface area contributed by atoms with Gasteiger partial charge < -0.3 is 4.74 Å². The van der Waals surface area contributed by atoms with E-state index in [0.29, 0.717) is 40.6 Å². The van der Waals surface area contributed by atoms with Crippen LogP contribution in [0.3, 0.4) is 0 Å². The number of ether oxygens (including phenoxy) is 1. The van der Waals surface area contributed by atoms with Crippen molar-refractivity contribution in [3.8, 4) is 11.5 Å². The van der Waals surface area contributed by atoms with Gasteiger partial charge in [0.25, 0.3) is 0 Å². The number of pyridine rings is 1. The van der Waals surface area contributed by atoms with E-state index in [0.717, 1.165) is 22.4 Å². The van der Waals surface area contributed by atoms with Crippen molar-refractivity contribution < 1.29 is 9.57 Å². The van der Waals surface area contributed by atoms with Crippen LogP contribution in [0.15, 0.2) is 72.0 Å². The molecule has 3 heterocycles. The topological polar surface area (TPSA) is 60.2 Å². The molecule has 1 aliphatic heterocycles. The second-order valence-electron chi connectivity index (χ2n) is 8.69. The van der Waals surface area contributed by atoms with Gasteiger partial charge in [0.15, 0.2) is 11.6 Å². The van der Waals surface area contributed by atoms with Crippen molar-refractivity contribution in [3.05, 3.63) is 93.7 Å². The highest BCUT2D eigenvalue weighted by molar-refractivity contribution is 6.35. The number of hydrogen-bond acceptors (Lipinski definition) is 5. The number of hydrogen-bond donors (Lipinski definition) is 1. The summed E-state index contributed by atoms with van der Waals surface area (Å²) in [6, 6.07) is 17.6. The Morgan fingerprint density at radius 2 is 2.00 bits per heavy atom. The number of amidine groups is 1. The van der Waals surface area contributed by atoms with Gasteiger partial charge in [0, 0.05) is 16.2 Å². The van der Waals surface area contributed by atoms with E-state index in [4.69, 9.17) is 37.8 Å². The van der Waals surface area contributed by atoms with Crippen molar-refractivity contribution in [2.24, 2.45) is 4.99 Å². The lowest BCUT2D eigenvalue weighted by Crippen LogP contribution is -2.36. The highest BCUT2D eigenvalue weighted by atomic mass is 35.5. The summed E-state index contributed by atoms with van der Waals surface area (Å²) in [7, 11) is 0. The Kier molecular flexibility index (Phi) is 5.65. The number of rotatable bonds is 6. The van der Waals surface area contributed by atoms with Crippen LogP contribution in [0.25, 0.3) is 5.52 Å². The van der Waals surface area contributed by atoms with Crippen LogP contribution >= 0.6 is 23.2 Å². The number of nitrogens with zero attached hydrogens (tertiary/aromatic N) is 3. The van der Waals surface area contributed by atoms with E-state index in [1.807, 2.05) is 42.6 Å². The Bertz CT molecular complexity index is 1400. The highest BCUT2D eigenvalue weighted by Crippen LogP contribution is 2.41. The van der Waals surface area contributed by atoms with Crippen molar-refractivity contribution in [2.45, 2.75) is 31.2 Å². The number of fused-ring (bicyclic) bond motifs is 1. The molecule has 34 heavy (non-hydrogen) atoms. The van der Waals surface area contributed by atoms with Crippen molar-refractivity contribution in [2.75, 3.05) is 6.61 Å². The predicted molar refractivity (Wildman–Crippen MR) is 133 cm³/mol. The molecule has 0 bridgehead atoms. The number of benzene rings is 2. The summed E-state index contributed by atoms with van der Waals surface area (Å²) in [6.07, 6.45) is 6.75. The molecule has 172 valence electrons. The van der Waals surface area contributed by atoms with Crippen LogP contribution in [-0.2, 0) is 11.3 Å². The molecular weight excluding hydrogens is 471 g/mol. The highest BCUT2D eigenvalue weighted by Gasteiger charge is 2.25. The molecule has 1 saturated carbocycles. The number of hydroxylamine groups is 1. The summed E-state index contributed by atoms with van der Waals surface area (Å²) in [5.41, 5.74) is 7.01. The minimum absolute atomic E-state index is 0.109. The molecule has 0 amide bonds. The number of aromatic nitrogens is 2. The summed E-state index contributed by atoms with van der Waals surface area (Å²) in [4.78, 5) is 10.7. The fourth-order valence-electron chi connectivity index (χ4n) is 4.21. The van der Waals surface area contributed by atoms with Gasteiger partial charge in [-0.3, -0.25) is 9.83 Å². The summed E-state index contributed by atoms with van der Waals surface area (Å²) in [5.74, 6) is 2.69. The van der Waals surface area contributed by atoms with E-state index >= 15 is 0 Å². The molecule has 6 nitrogen and oxygen atoms in total. The minimum Gasteiger partial charge on any atom is -0.455 e. The van der Waals surface area contributed by atoms with Crippen LogP contribution in [0.5, 0.6) is 11.5 Å². The average molecular weight is 493 g/mol. The molecule has 0 spiro atoms. The molecule has 4 aromatic rings. The van der Waals surface area contributed by atoms with E-state index in [9.17, 15) is 0 Å². The van der Waals surface area contributed by atoms with E-state index in [2.05, 4.69) is 22.7 Å². The fraction of sp³-hybridized carbons (Fsp3) is 0.231. The van der Waals surface area contributed by atoms with Gasteiger partial charge in [-0.25, -0.2) is 10.00 Å². The Hall–Kier alpha value is -3.06. The molecule has 1 atom stereocenters. The lowest BCUT2D eigenvalue weighted by molar-refractivity contribution is 0.0623. The predicted octanol–water partition coefficient (Wildman–Crippen LogP) is 6.20. The van der Waals surface area contributed by atoms with Gasteiger partial charge in [0.2, 0.25) is 0 Å². The van der Waals surface area contributed by atoms with Gasteiger partial charge in [0.1, 0.15) is 5.75 Å². The first-order valence-corrected chi connectivity index (χ1v) is 12.0. The smallest absolute Gasteiger partial charge is 0.156 e. The van der Waals surface area contributed by atoms with Gasteiger partial charge in [0.05, 0.1) is 29.9 Å². The van der Waals surface area contributed by atoms with Gasteiger partial charge >= 0.3 is 0 Å². The summed E-state index contributed by atoms with van der Waals surface area (Å²) in [6.45, 7) is 0.428. The second kappa shape index (κ2) is 8.95. The van der Waals surface area contributed by atoms with Crippen LogP contribution in [0, 0.1) is 0 Å². The lowest BCUT2D eigenvalue weighted by atomic mass is 10.1. The largest absolute Gasteiger partial charge is 0.455 e. The zero-order valence-corrected chi connectivity index (χ0v) is 19.8. The molecule has 1 aliphatic carbocycles. The van der Waals surface area contributed by atoms with Crippen LogP contribution in [0.2, 0.25) is 10.0 Å². The number of nitrogens with one attached hydrogen (secondary N) is 1. The molecule has 1 unspecified atom stereocenters. The third-order valence-corrected chi connectivity index (χ3v) is 6.70. The standard InChI is InChI=1S/C26H22Cl2N4O2/c27-19-7-6-18(24(28)12-19)10-20-15-33-31-26(30-20)23-13-21-8-9-29-32(21)14-25(23)34-22-3-1-2-17(11-22)16-4-5-16/h1-3,6-9,11-14,16,20H,4-5,10,15H2,(H,30,31). The van der Waals surface area contributed by atoms with E-state index < -0.39 is 0 Å². The maximum Gasteiger partial charge on any atom is 0.156 e. The van der Waals surface area contributed by atoms with Gasteiger partial charge in [-0.1, -0.05) is 41.4 Å². The van der Waals surface area contributed by atoms with E-state index in [1.54, 1.807) is 16.8 Å². The zero-order valence-electron chi connectivity index (χ0n) is 18.2. The van der Waals surface area contributed by atoms with Crippen molar-refractivity contribution in [1.29, 1.82) is 0 Å². The molecule has 2 aromatic carbocycles. The van der Waals surface area contributed by atoms with Crippen LogP contribution in [0.1, 0.15) is 35.4 Å². The Morgan fingerprint density at radius 3 is 2.85 bits per heavy atom. The Balaban J connectivity index is 1.34. The molecular formula is C26H22Cl2N4O2. The average Bonchev–Trinajstić information content (AvgIpc) is 3.59. The van der Waals surface area contributed by atoms with Gasteiger partial charge in [-0.15, -0.1) is 0 Å². The minimum atomic E-state index is -0.109. The third kappa shape index (κ3) is 4.49.